The molecule has 0 N–H and O–H groups in total. The van der Waals surface area contributed by atoms with Crippen LogP contribution in [0.2, 0.25) is 0 Å². The SMILES string of the molecule is CCc1cccc(SSSc2nc3ccccc3s2)c1[Si](OC)(OC)OC. The average molecular weight is 456 g/mol. The summed E-state index contributed by atoms with van der Waals surface area (Å²) in [6, 6.07) is 14.5. The number of hydrogen-bond acceptors (Lipinski definition) is 8. The topological polar surface area (TPSA) is 40.6 Å². The molecular weight excluding hydrogens is 435 g/mol. The first-order valence-electron chi connectivity index (χ1n) is 8.32. The molecule has 0 aliphatic carbocycles. The van der Waals surface area contributed by atoms with E-state index < -0.39 is 8.80 Å². The number of para-hydroxylation sites is 1. The molecule has 144 valence electrons. The van der Waals surface area contributed by atoms with Crippen LogP contribution in [0.25, 0.3) is 10.2 Å². The second kappa shape index (κ2) is 9.79. The zero-order chi connectivity index (χ0) is 19.3. The maximum absolute atomic E-state index is 5.76. The summed E-state index contributed by atoms with van der Waals surface area (Å²) in [4.78, 5) is 5.80. The molecule has 0 bridgehead atoms. The van der Waals surface area contributed by atoms with Gasteiger partial charge >= 0.3 is 8.80 Å². The highest BCUT2D eigenvalue weighted by Gasteiger charge is 2.44. The number of rotatable bonds is 9. The van der Waals surface area contributed by atoms with Crippen LogP contribution in [0, 0.1) is 0 Å². The van der Waals surface area contributed by atoms with Crippen molar-refractivity contribution in [1.29, 1.82) is 0 Å². The molecule has 0 radical (unpaired) electrons. The predicted octanol–water partition coefficient (Wildman–Crippen LogP) is 5.39. The Morgan fingerprint density at radius 1 is 0.963 bits per heavy atom. The minimum atomic E-state index is -2.92. The first-order valence-corrected chi connectivity index (χ1v) is 14.3. The van der Waals surface area contributed by atoms with Crippen molar-refractivity contribution in [3.8, 4) is 0 Å². The lowest BCUT2D eigenvalue weighted by molar-refractivity contribution is 0.139. The number of thiazole rings is 1. The zero-order valence-corrected chi connectivity index (χ0v) is 19.8. The Bertz CT molecular complexity index is 860. The summed E-state index contributed by atoms with van der Waals surface area (Å²) >= 11 is 1.72. The van der Waals surface area contributed by atoms with Crippen LogP contribution in [0.3, 0.4) is 0 Å². The van der Waals surface area contributed by atoms with E-state index in [0.29, 0.717) is 0 Å². The minimum absolute atomic E-state index is 0.893. The molecule has 3 aromatic rings. The van der Waals surface area contributed by atoms with E-state index in [1.165, 1.54) is 10.3 Å². The van der Waals surface area contributed by atoms with Crippen molar-refractivity contribution in [2.24, 2.45) is 0 Å². The van der Waals surface area contributed by atoms with Crippen molar-refractivity contribution in [2.45, 2.75) is 22.6 Å². The van der Waals surface area contributed by atoms with E-state index in [1.807, 2.05) is 18.2 Å². The van der Waals surface area contributed by atoms with Gasteiger partial charge in [0.05, 0.1) is 10.2 Å². The summed E-state index contributed by atoms with van der Waals surface area (Å²) in [5.41, 5.74) is 2.25. The van der Waals surface area contributed by atoms with Gasteiger partial charge in [0.1, 0.15) is 0 Å². The second-order valence-corrected chi connectivity index (χ2v) is 13.5. The Morgan fingerprint density at radius 3 is 2.37 bits per heavy atom. The van der Waals surface area contributed by atoms with Gasteiger partial charge in [-0.2, -0.15) is 0 Å². The Morgan fingerprint density at radius 2 is 1.70 bits per heavy atom. The van der Waals surface area contributed by atoms with Crippen molar-refractivity contribution in [3.05, 3.63) is 48.0 Å². The van der Waals surface area contributed by atoms with E-state index in [2.05, 4.69) is 36.2 Å². The van der Waals surface area contributed by atoms with E-state index in [0.717, 1.165) is 26.4 Å². The summed E-state index contributed by atoms with van der Waals surface area (Å²) < 4.78 is 19.6. The van der Waals surface area contributed by atoms with Crippen molar-refractivity contribution >= 4 is 67.0 Å². The molecule has 0 spiro atoms. The molecule has 4 nitrogen and oxygen atoms in total. The van der Waals surface area contributed by atoms with Crippen LogP contribution in [0.5, 0.6) is 0 Å². The largest absolute Gasteiger partial charge is 0.537 e. The average Bonchev–Trinajstić information content (AvgIpc) is 3.13. The predicted molar refractivity (Wildman–Crippen MR) is 121 cm³/mol. The highest BCUT2D eigenvalue weighted by Crippen LogP contribution is 2.46. The summed E-state index contributed by atoms with van der Waals surface area (Å²) in [7, 11) is 7.12. The monoisotopic (exact) mass is 455 g/mol. The van der Waals surface area contributed by atoms with Gasteiger partial charge in [-0.3, -0.25) is 0 Å². The fourth-order valence-electron chi connectivity index (χ4n) is 2.81. The lowest BCUT2D eigenvalue weighted by Gasteiger charge is -2.28. The highest BCUT2D eigenvalue weighted by molar-refractivity contribution is 9.09. The summed E-state index contributed by atoms with van der Waals surface area (Å²) in [5, 5.41) is 1.06. The number of nitrogens with zero attached hydrogens (tertiary/aromatic N) is 1. The van der Waals surface area contributed by atoms with Gasteiger partial charge in [-0.1, -0.05) is 31.2 Å². The number of hydrogen-bond donors (Lipinski definition) is 0. The first-order chi connectivity index (χ1) is 13.2. The Balaban J connectivity index is 1.82. The van der Waals surface area contributed by atoms with Crippen LogP contribution >= 0.6 is 42.8 Å². The van der Waals surface area contributed by atoms with E-state index in [1.54, 1.807) is 64.1 Å². The summed E-state index contributed by atoms with van der Waals surface area (Å²) in [6.07, 6.45) is 0.893. The van der Waals surface area contributed by atoms with Gasteiger partial charge in [-0.15, -0.1) is 11.3 Å². The number of benzene rings is 2. The smallest absolute Gasteiger partial charge is 0.373 e. The second-order valence-electron chi connectivity index (χ2n) is 5.49. The van der Waals surface area contributed by atoms with Crippen LogP contribution in [0.15, 0.2) is 51.7 Å². The van der Waals surface area contributed by atoms with Gasteiger partial charge in [0.15, 0.2) is 4.34 Å². The molecule has 9 heteroatoms. The van der Waals surface area contributed by atoms with Gasteiger partial charge in [0.2, 0.25) is 0 Å². The van der Waals surface area contributed by atoms with Crippen LogP contribution in [-0.4, -0.2) is 35.1 Å². The molecule has 0 fully saturated rings. The van der Waals surface area contributed by atoms with E-state index in [-0.39, 0.29) is 0 Å². The number of aryl methyl sites for hydroxylation is 1. The van der Waals surface area contributed by atoms with Crippen LogP contribution in [0.1, 0.15) is 12.5 Å². The maximum Gasteiger partial charge on any atom is 0.537 e. The number of aromatic nitrogens is 1. The van der Waals surface area contributed by atoms with E-state index in [9.17, 15) is 0 Å². The van der Waals surface area contributed by atoms with Gasteiger partial charge < -0.3 is 13.3 Å². The maximum atomic E-state index is 5.76. The molecule has 0 amide bonds. The highest BCUT2D eigenvalue weighted by atomic mass is 33.5. The standard InChI is InChI=1S/C18H21NO3S4Si/c1-5-13-9-8-12-16(17(13)27(20-2,21-3)22-4)24-26-25-18-19-14-10-6-7-11-15(14)23-18/h6-12H,5H2,1-4H3. The molecular formula is C18H21NO3S4Si. The summed E-state index contributed by atoms with van der Waals surface area (Å²) in [6.45, 7) is 2.14. The van der Waals surface area contributed by atoms with Crippen LogP contribution < -0.4 is 5.19 Å². The van der Waals surface area contributed by atoms with Gasteiger partial charge in [-0.05, 0) is 61.6 Å². The molecule has 0 saturated carbocycles. The van der Waals surface area contributed by atoms with E-state index in [4.69, 9.17) is 13.3 Å². The lowest BCUT2D eigenvalue weighted by atomic mass is 10.2. The first kappa shape index (κ1) is 21.2. The molecule has 0 aliphatic rings. The molecule has 27 heavy (non-hydrogen) atoms. The third-order valence-electron chi connectivity index (χ3n) is 4.11. The Labute approximate surface area is 176 Å². The number of fused-ring (bicyclic) bond motifs is 1. The lowest BCUT2D eigenvalue weighted by Crippen LogP contribution is -2.56. The normalized spacial score (nSPS) is 12.0. The van der Waals surface area contributed by atoms with Crippen molar-refractivity contribution in [3.63, 3.8) is 0 Å². The van der Waals surface area contributed by atoms with Crippen LogP contribution in [-0.2, 0) is 19.7 Å². The molecule has 0 atom stereocenters. The summed E-state index contributed by atoms with van der Waals surface area (Å²) in [5.74, 6) is 0. The Kier molecular flexibility index (Phi) is 7.69. The third-order valence-corrected chi connectivity index (χ3v) is 12.3. The van der Waals surface area contributed by atoms with Crippen molar-refractivity contribution < 1.29 is 13.3 Å². The molecule has 0 unspecified atom stereocenters. The zero-order valence-electron chi connectivity index (χ0n) is 15.6. The fourth-order valence-corrected chi connectivity index (χ4v) is 11.0. The van der Waals surface area contributed by atoms with E-state index >= 15 is 0 Å². The quantitative estimate of drug-likeness (QED) is 0.316. The fraction of sp³-hybridized carbons (Fsp3) is 0.278. The van der Waals surface area contributed by atoms with Crippen molar-refractivity contribution in [2.75, 3.05) is 21.3 Å². The molecule has 0 saturated heterocycles. The minimum Gasteiger partial charge on any atom is -0.373 e. The van der Waals surface area contributed by atoms with Gasteiger partial charge in [0, 0.05) is 31.4 Å². The Hall–Kier alpha value is -0.523. The molecule has 0 aliphatic heterocycles. The molecule has 3 rings (SSSR count). The van der Waals surface area contributed by atoms with Crippen LogP contribution in [0.4, 0.5) is 0 Å². The van der Waals surface area contributed by atoms with Gasteiger partial charge in [0.25, 0.3) is 0 Å². The van der Waals surface area contributed by atoms with Crippen molar-refractivity contribution in [1.82, 2.24) is 4.98 Å². The molecule has 1 heterocycles. The molecule has 1 aromatic heterocycles. The molecule has 2 aromatic carbocycles. The third kappa shape index (κ3) is 4.56. The van der Waals surface area contributed by atoms with Gasteiger partial charge in [-0.25, -0.2) is 4.98 Å².